The van der Waals surface area contributed by atoms with E-state index in [0.717, 1.165) is 11.1 Å². The molecule has 0 bridgehead atoms. The number of hydrogen-bond donors (Lipinski definition) is 1. The van der Waals surface area contributed by atoms with Crippen LogP contribution in [0.4, 0.5) is 11.4 Å². The average Bonchev–Trinajstić information content (AvgIpc) is 2.79. The lowest BCUT2D eigenvalue weighted by atomic mass is 10.0. The van der Waals surface area contributed by atoms with Gasteiger partial charge in [-0.25, -0.2) is 16.8 Å². The van der Waals surface area contributed by atoms with Gasteiger partial charge in [-0.05, 0) is 72.4 Å². The molecule has 0 saturated carbocycles. The first-order chi connectivity index (χ1) is 15.2. The molecule has 3 aromatic carbocycles. The molecule has 1 N–H and O–H groups in total. The van der Waals surface area contributed by atoms with Crippen molar-refractivity contribution in [2.75, 3.05) is 15.6 Å². The molecular weight excluding hydrogens is 444 g/mol. The van der Waals surface area contributed by atoms with Crippen LogP contribution in [0.1, 0.15) is 37.3 Å². The summed E-state index contributed by atoms with van der Waals surface area (Å²) in [7, 11) is -7.43. The van der Waals surface area contributed by atoms with E-state index < -0.39 is 20.0 Å². The molecule has 8 heteroatoms. The predicted octanol–water partition coefficient (Wildman–Crippen LogP) is 4.75. The fraction of sp³-hybridized carbons (Fsp3) is 0.250. The molecule has 0 spiro atoms. The van der Waals surface area contributed by atoms with E-state index in [1.54, 1.807) is 60.7 Å². The molecule has 4 rings (SSSR count). The molecule has 1 aliphatic rings. The molecule has 0 fully saturated rings. The van der Waals surface area contributed by atoms with Gasteiger partial charge in [0.1, 0.15) is 0 Å². The van der Waals surface area contributed by atoms with Crippen LogP contribution in [0, 0.1) is 0 Å². The lowest BCUT2D eigenvalue weighted by Crippen LogP contribution is -2.35. The van der Waals surface area contributed by atoms with Crippen LogP contribution < -0.4 is 9.03 Å². The van der Waals surface area contributed by atoms with Crippen LogP contribution >= 0.6 is 0 Å². The van der Waals surface area contributed by atoms with Gasteiger partial charge in [-0.1, -0.05) is 44.2 Å². The third kappa shape index (κ3) is 4.38. The summed E-state index contributed by atoms with van der Waals surface area (Å²) >= 11 is 0. The molecule has 168 valence electrons. The molecule has 1 heterocycles. The number of benzene rings is 3. The van der Waals surface area contributed by atoms with Gasteiger partial charge in [-0.3, -0.25) is 9.03 Å². The summed E-state index contributed by atoms with van der Waals surface area (Å²) in [5, 5.41) is 0. The molecule has 6 nitrogen and oxygen atoms in total. The molecule has 0 radical (unpaired) electrons. The Kier molecular flexibility index (Phi) is 6.01. The van der Waals surface area contributed by atoms with E-state index >= 15 is 0 Å². The summed E-state index contributed by atoms with van der Waals surface area (Å²) in [6, 6.07) is 20.2. The highest BCUT2D eigenvalue weighted by Crippen LogP contribution is 2.34. The number of nitrogens with zero attached hydrogens (tertiary/aromatic N) is 1. The highest BCUT2D eigenvalue weighted by atomic mass is 32.2. The highest BCUT2D eigenvalue weighted by molar-refractivity contribution is 7.93. The zero-order valence-corrected chi connectivity index (χ0v) is 19.7. The Balaban J connectivity index is 1.61. The van der Waals surface area contributed by atoms with Gasteiger partial charge in [0.2, 0.25) is 0 Å². The number of hydrogen-bond acceptors (Lipinski definition) is 4. The SMILES string of the molecule is CC(C)c1ccc(S(=O)(=O)Nc2ccc3c(c2)CCCN3S(=O)(=O)c2ccccc2)cc1. The Bertz CT molecular complexity index is 1320. The number of sulfonamides is 2. The standard InChI is InChI=1S/C24H26N2O4S2/c1-18(2)19-10-13-22(14-11-19)31(27,28)25-21-12-15-24-20(17-21)7-6-16-26(24)32(29,30)23-8-4-3-5-9-23/h3-5,8-15,17-18,25H,6-7,16H2,1-2H3. The van der Waals surface area contributed by atoms with Crippen LogP contribution in [0.15, 0.2) is 82.6 Å². The second-order valence-electron chi connectivity index (χ2n) is 8.17. The average molecular weight is 471 g/mol. The van der Waals surface area contributed by atoms with Crippen LogP contribution in [0.5, 0.6) is 0 Å². The van der Waals surface area contributed by atoms with Crippen molar-refractivity contribution in [3.8, 4) is 0 Å². The minimum Gasteiger partial charge on any atom is -0.280 e. The number of rotatable bonds is 6. The van der Waals surface area contributed by atoms with Gasteiger partial charge < -0.3 is 0 Å². The Hall–Kier alpha value is -2.84. The second kappa shape index (κ2) is 8.60. The third-order valence-electron chi connectivity index (χ3n) is 5.60. The predicted molar refractivity (Wildman–Crippen MR) is 127 cm³/mol. The number of fused-ring (bicyclic) bond motifs is 1. The second-order valence-corrected chi connectivity index (χ2v) is 11.7. The van der Waals surface area contributed by atoms with Gasteiger partial charge in [0.05, 0.1) is 15.5 Å². The van der Waals surface area contributed by atoms with Crippen LogP contribution in [0.25, 0.3) is 0 Å². The van der Waals surface area contributed by atoms with Crippen molar-refractivity contribution < 1.29 is 16.8 Å². The van der Waals surface area contributed by atoms with Crippen molar-refractivity contribution in [3.63, 3.8) is 0 Å². The van der Waals surface area contributed by atoms with Gasteiger partial charge in [-0.2, -0.15) is 0 Å². The third-order valence-corrected chi connectivity index (χ3v) is 8.82. The largest absolute Gasteiger partial charge is 0.280 e. The molecule has 0 unspecified atom stereocenters. The molecule has 0 amide bonds. The lowest BCUT2D eigenvalue weighted by Gasteiger charge is -2.31. The molecule has 0 atom stereocenters. The van der Waals surface area contributed by atoms with E-state index in [1.807, 2.05) is 12.1 Å². The maximum atomic E-state index is 13.1. The van der Waals surface area contributed by atoms with E-state index in [4.69, 9.17) is 0 Å². The summed E-state index contributed by atoms with van der Waals surface area (Å²) in [5.74, 6) is 0.315. The topological polar surface area (TPSA) is 83.6 Å². The monoisotopic (exact) mass is 470 g/mol. The first-order valence-corrected chi connectivity index (χ1v) is 13.4. The first kappa shape index (κ1) is 22.4. The van der Waals surface area contributed by atoms with E-state index in [2.05, 4.69) is 18.6 Å². The summed E-state index contributed by atoms with van der Waals surface area (Å²) in [6.07, 6.45) is 1.33. The maximum absolute atomic E-state index is 13.1. The highest BCUT2D eigenvalue weighted by Gasteiger charge is 2.29. The van der Waals surface area contributed by atoms with E-state index in [9.17, 15) is 16.8 Å². The lowest BCUT2D eigenvalue weighted by molar-refractivity contribution is 0.586. The van der Waals surface area contributed by atoms with E-state index in [-0.39, 0.29) is 9.79 Å². The van der Waals surface area contributed by atoms with Crippen LogP contribution in [-0.2, 0) is 26.5 Å². The zero-order chi connectivity index (χ0) is 22.9. The van der Waals surface area contributed by atoms with Crippen molar-refractivity contribution in [2.24, 2.45) is 0 Å². The minimum atomic E-state index is -3.75. The van der Waals surface area contributed by atoms with Gasteiger partial charge in [0.25, 0.3) is 20.0 Å². The minimum absolute atomic E-state index is 0.188. The molecule has 32 heavy (non-hydrogen) atoms. The molecule has 0 aromatic heterocycles. The number of anilines is 2. The molecule has 1 aliphatic heterocycles. The summed E-state index contributed by atoms with van der Waals surface area (Å²) in [5.41, 5.74) is 2.86. The van der Waals surface area contributed by atoms with Crippen molar-refractivity contribution in [1.82, 2.24) is 0 Å². The van der Waals surface area contributed by atoms with Crippen LogP contribution in [-0.4, -0.2) is 23.4 Å². The van der Waals surface area contributed by atoms with Gasteiger partial charge in [0, 0.05) is 12.2 Å². The fourth-order valence-electron chi connectivity index (χ4n) is 3.84. The van der Waals surface area contributed by atoms with Crippen molar-refractivity contribution in [3.05, 3.63) is 83.9 Å². The van der Waals surface area contributed by atoms with E-state index in [1.165, 1.54) is 4.31 Å². The molecule has 0 saturated heterocycles. The maximum Gasteiger partial charge on any atom is 0.264 e. The van der Waals surface area contributed by atoms with Crippen molar-refractivity contribution >= 4 is 31.4 Å². The van der Waals surface area contributed by atoms with Crippen molar-refractivity contribution in [1.29, 1.82) is 0 Å². The van der Waals surface area contributed by atoms with Gasteiger partial charge in [0.15, 0.2) is 0 Å². The Morgan fingerprint density at radius 2 is 1.53 bits per heavy atom. The number of nitrogens with one attached hydrogen (secondary N) is 1. The fourth-order valence-corrected chi connectivity index (χ4v) is 6.45. The number of aryl methyl sites for hydroxylation is 1. The Labute approximate surface area is 190 Å². The summed E-state index contributed by atoms with van der Waals surface area (Å²) < 4.78 is 56.0. The van der Waals surface area contributed by atoms with Crippen molar-refractivity contribution in [2.45, 2.75) is 42.4 Å². The Morgan fingerprint density at radius 1 is 0.844 bits per heavy atom. The quantitative estimate of drug-likeness (QED) is 0.563. The van der Waals surface area contributed by atoms with Crippen LogP contribution in [0.2, 0.25) is 0 Å². The zero-order valence-electron chi connectivity index (χ0n) is 18.0. The van der Waals surface area contributed by atoms with Gasteiger partial charge >= 0.3 is 0 Å². The first-order valence-electron chi connectivity index (χ1n) is 10.5. The Morgan fingerprint density at radius 3 is 2.19 bits per heavy atom. The normalized spacial score (nSPS) is 14.3. The molecular formula is C24H26N2O4S2. The van der Waals surface area contributed by atoms with Gasteiger partial charge in [-0.15, -0.1) is 0 Å². The van der Waals surface area contributed by atoms with Crippen LogP contribution in [0.3, 0.4) is 0 Å². The smallest absolute Gasteiger partial charge is 0.264 e. The summed E-state index contributed by atoms with van der Waals surface area (Å²) in [4.78, 5) is 0.426. The summed E-state index contributed by atoms with van der Waals surface area (Å²) in [6.45, 7) is 4.49. The van der Waals surface area contributed by atoms with E-state index in [0.29, 0.717) is 36.7 Å². The molecule has 3 aromatic rings. The molecule has 0 aliphatic carbocycles.